The number of primary amides is 1. The first-order valence-electron chi connectivity index (χ1n) is 10.1. The van der Waals surface area contributed by atoms with Gasteiger partial charge in [-0.3, -0.25) is 9.59 Å². The molecule has 1 aliphatic rings. The average Bonchev–Trinajstić information content (AvgIpc) is 3.19. The molecule has 1 aromatic carbocycles. The molecule has 3 heterocycles. The van der Waals surface area contributed by atoms with Crippen molar-refractivity contribution in [3.63, 3.8) is 0 Å². The summed E-state index contributed by atoms with van der Waals surface area (Å²) in [4.78, 5) is 30.8. The minimum atomic E-state index is -1.43. The number of amides is 2. The van der Waals surface area contributed by atoms with Crippen LogP contribution in [0.25, 0.3) is 11.0 Å². The number of aromatic amines is 1. The summed E-state index contributed by atoms with van der Waals surface area (Å²) in [6.45, 7) is 0.165. The Labute approximate surface area is 192 Å². The van der Waals surface area contributed by atoms with E-state index in [9.17, 15) is 27.9 Å². The van der Waals surface area contributed by atoms with Gasteiger partial charge in [0.1, 0.15) is 29.1 Å². The lowest BCUT2D eigenvalue weighted by Gasteiger charge is -2.32. The molecule has 2 unspecified atom stereocenters. The summed E-state index contributed by atoms with van der Waals surface area (Å²) in [5.74, 6) is -2.14. The summed E-state index contributed by atoms with van der Waals surface area (Å²) in [6.07, 6.45) is -0.571. The minimum absolute atomic E-state index is 0.0331. The number of piperidine rings is 1. The Bertz CT molecular complexity index is 1160. The number of nitrogens with one attached hydrogen (secondary N) is 1. The van der Waals surface area contributed by atoms with Gasteiger partial charge in [0.15, 0.2) is 0 Å². The molecule has 1 saturated heterocycles. The zero-order valence-electron chi connectivity index (χ0n) is 17.4. The van der Waals surface area contributed by atoms with Crippen molar-refractivity contribution in [1.82, 2.24) is 14.9 Å². The number of carbonyl (C=O) groups is 2. The van der Waals surface area contributed by atoms with Crippen LogP contribution in [-0.2, 0) is 11.2 Å². The summed E-state index contributed by atoms with van der Waals surface area (Å²) >= 11 is 5.71. The molecule has 0 radical (unpaired) electrons. The maximum absolute atomic E-state index is 13.4. The highest BCUT2D eigenvalue weighted by Gasteiger charge is 2.29. The van der Waals surface area contributed by atoms with Crippen LogP contribution in [0.1, 0.15) is 28.9 Å². The van der Waals surface area contributed by atoms with Crippen molar-refractivity contribution in [3.8, 4) is 0 Å². The molecule has 3 aromatic rings. The van der Waals surface area contributed by atoms with Crippen LogP contribution >= 0.6 is 11.6 Å². The fourth-order valence-corrected chi connectivity index (χ4v) is 3.53. The number of rotatable bonds is 4. The van der Waals surface area contributed by atoms with E-state index in [0.717, 1.165) is 17.5 Å². The third-order valence-corrected chi connectivity index (χ3v) is 5.39. The van der Waals surface area contributed by atoms with Gasteiger partial charge in [-0.05, 0) is 36.6 Å². The number of pyridine rings is 1. The predicted octanol–water partition coefficient (Wildman–Crippen LogP) is 3.14. The van der Waals surface area contributed by atoms with E-state index in [2.05, 4.69) is 9.97 Å². The molecule has 2 amide bonds. The molecule has 0 aliphatic carbocycles. The number of aliphatic hydroxyl groups is 1. The standard InChI is InChI=1S/C14H16F3NO2.C8H6ClN3O/c15-10-3-1-9(11(16)7-10)2-4-14(20)18-6-5-13(19)12(17)8-18;9-5-1-4-2-6(7(10)13)12-8(4)11-3-5/h1,3,7,12-13,19H,2,4-6,8H2;1-3H,(H2,10,13)(H,11,12). The van der Waals surface area contributed by atoms with Gasteiger partial charge in [-0.25, -0.2) is 18.2 Å². The lowest BCUT2D eigenvalue weighted by atomic mass is 10.0. The first kappa shape index (κ1) is 24.5. The Morgan fingerprint density at radius 2 is 2.03 bits per heavy atom. The number of nitrogens with two attached hydrogens (primary N) is 1. The third-order valence-electron chi connectivity index (χ3n) is 5.19. The highest BCUT2D eigenvalue weighted by molar-refractivity contribution is 6.31. The smallest absolute Gasteiger partial charge is 0.265 e. The van der Waals surface area contributed by atoms with Gasteiger partial charge in [0, 0.05) is 30.6 Å². The molecular formula is C22H22ClF3N4O3. The van der Waals surface area contributed by atoms with Gasteiger partial charge in [0.2, 0.25) is 5.91 Å². The number of hydrogen-bond acceptors (Lipinski definition) is 4. The molecule has 1 aliphatic heterocycles. The van der Waals surface area contributed by atoms with E-state index in [1.54, 1.807) is 12.1 Å². The third kappa shape index (κ3) is 6.45. The number of likely N-dealkylation sites (tertiary alicyclic amines) is 1. The zero-order chi connectivity index (χ0) is 24.1. The molecule has 0 spiro atoms. The summed E-state index contributed by atoms with van der Waals surface area (Å²) in [5, 5.41) is 10.6. The fraction of sp³-hybridized carbons (Fsp3) is 0.318. The summed E-state index contributed by atoms with van der Waals surface area (Å²) < 4.78 is 39.4. The molecule has 2 atom stereocenters. The van der Waals surface area contributed by atoms with Gasteiger partial charge >= 0.3 is 0 Å². The van der Waals surface area contributed by atoms with Gasteiger partial charge < -0.3 is 20.7 Å². The normalized spacial score (nSPS) is 18.0. The largest absolute Gasteiger partial charge is 0.390 e. The van der Waals surface area contributed by atoms with E-state index in [1.807, 2.05) is 0 Å². The number of carbonyl (C=O) groups excluding carboxylic acids is 2. The number of aryl methyl sites for hydroxylation is 1. The summed E-state index contributed by atoms with van der Waals surface area (Å²) in [6, 6.07) is 6.55. The Kier molecular flexibility index (Phi) is 7.93. The molecule has 4 N–H and O–H groups in total. The number of alkyl halides is 1. The van der Waals surface area contributed by atoms with Crippen LogP contribution in [-0.4, -0.2) is 57.2 Å². The maximum Gasteiger partial charge on any atom is 0.265 e. The number of aliphatic hydroxyl groups excluding tert-OH is 1. The molecule has 0 saturated carbocycles. The van der Waals surface area contributed by atoms with Crippen molar-refractivity contribution in [1.29, 1.82) is 0 Å². The minimum Gasteiger partial charge on any atom is -0.390 e. The Balaban J connectivity index is 0.000000203. The molecule has 4 rings (SSSR count). The Hall–Kier alpha value is -3.11. The zero-order valence-corrected chi connectivity index (χ0v) is 18.2. The number of aromatic nitrogens is 2. The highest BCUT2D eigenvalue weighted by atomic mass is 35.5. The van der Waals surface area contributed by atoms with Crippen LogP contribution in [0.5, 0.6) is 0 Å². The van der Waals surface area contributed by atoms with Gasteiger partial charge in [-0.1, -0.05) is 17.7 Å². The van der Waals surface area contributed by atoms with Crippen molar-refractivity contribution in [3.05, 3.63) is 64.4 Å². The maximum atomic E-state index is 13.4. The second-order valence-electron chi connectivity index (χ2n) is 7.59. The van der Waals surface area contributed by atoms with Crippen molar-refractivity contribution in [2.24, 2.45) is 5.73 Å². The van der Waals surface area contributed by atoms with Crippen molar-refractivity contribution in [2.45, 2.75) is 31.5 Å². The highest BCUT2D eigenvalue weighted by Crippen LogP contribution is 2.18. The van der Waals surface area contributed by atoms with Crippen molar-refractivity contribution in [2.75, 3.05) is 13.1 Å². The summed E-state index contributed by atoms with van der Waals surface area (Å²) in [7, 11) is 0. The molecule has 33 heavy (non-hydrogen) atoms. The molecule has 11 heteroatoms. The number of benzene rings is 1. The lowest BCUT2D eigenvalue weighted by molar-refractivity contribution is -0.135. The van der Waals surface area contributed by atoms with Gasteiger partial charge in [0.05, 0.1) is 17.7 Å². The van der Waals surface area contributed by atoms with Crippen molar-refractivity contribution < 1.29 is 27.9 Å². The summed E-state index contributed by atoms with van der Waals surface area (Å²) in [5.41, 5.74) is 6.29. The quantitative estimate of drug-likeness (QED) is 0.530. The first-order valence-corrected chi connectivity index (χ1v) is 10.5. The Morgan fingerprint density at radius 1 is 1.27 bits per heavy atom. The van der Waals surface area contributed by atoms with Crippen LogP contribution in [0, 0.1) is 11.6 Å². The average molecular weight is 483 g/mol. The molecule has 1 fully saturated rings. The second kappa shape index (κ2) is 10.7. The topological polar surface area (TPSA) is 112 Å². The predicted molar refractivity (Wildman–Crippen MR) is 116 cm³/mol. The van der Waals surface area contributed by atoms with Gasteiger partial charge in [0.25, 0.3) is 5.91 Å². The molecule has 0 bridgehead atoms. The number of nitrogens with zero attached hydrogens (tertiary/aromatic N) is 2. The number of halogens is 4. The molecular weight excluding hydrogens is 461 g/mol. The monoisotopic (exact) mass is 482 g/mol. The lowest BCUT2D eigenvalue weighted by Crippen LogP contribution is -2.47. The molecule has 7 nitrogen and oxygen atoms in total. The van der Waals surface area contributed by atoms with Crippen LogP contribution < -0.4 is 5.73 Å². The molecule has 2 aromatic heterocycles. The van der Waals surface area contributed by atoms with E-state index in [1.165, 1.54) is 17.2 Å². The van der Waals surface area contributed by atoms with E-state index in [0.29, 0.717) is 22.9 Å². The fourth-order valence-electron chi connectivity index (χ4n) is 3.36. The number of fused-ring (bicyclic) bond motifs is 1. The number of hydrogen-bond donors (Lipinski definition) is 3. The van der Waals surface area contributed by atoms with Gasteiger partial charge in [-0.2, -0.15) is 0 Å². The van der Waals surface area contributed by atoms with E-state index < -0.39 is 29.8 Å². The first-order chi connectivity index (χ1) is 15.6. The van der Waals surface area contributed by atoms with Crippen LogP contribution in [0.4, 0.5) is 13.2 Å². The Morgan fingerprint density at radius 3 is 2.70 bits per heavy atom. The van der Waals surface area contributed by atoms with Gasteiger partial charge in [-0.15, -0.1) is 0 Å². The van der Waals surface area contributed by atoms with Crippen LogP contribution in [0.3, 0.4) is 0 Å². The number of H-pyrrole nitrogens is 1. The van der Waals surface area contributed by atoms with Crippen molar-refractivity contribution >= 4 is 34.4 Å². The van der Waals surface area contributed by atoms with E-state index in [4.69, 9.17) is 17.3 Å². The van der Waals surface area contributed by atoms with E-state index in [-0.39, 0.29) is 37.3 Å². The SMILES string of the molecule is NC(=O)c1cc2cc(Cl)cnc2[nH]1.O=C(CCc1ccc(F)cc1F)N1CCC(O)C(F)C1. The second-order valence-corrected chi connectivity index (χ2v) is 8.02. The van der Waals surface area contributed by atoms with Crippen LogP contribution in [0.15, 0.2) is 36.5 Å². The van der Waals surface area contributed by atoms with Crippen LogP contribution in [0.2, 0.25) is 5.02 Å². The van der Waals surface area contributed by atoms with E-state index >= 15 is 0 Å². The molecule has 176 valence electrons.